The number of aromatic hydroxyl groups is 1. The predicted octanol–water partition coefficient (Wildman–Crippen LogP) is 1.92. The third-order valence-electron chi connectivity index (χ3n) is 2.52. The first-order valence-corrected chi connectivity index (χ1v) is 6.08. The van der Waals surface area contributed by atoms with E-state index in [1.807, 2.05) is 0 Å². The van der Waals surface area contributed by atoms with Crippen molar-refractivity contribution in [2.45, 2.75) is 6.92 Å². The Bertz CT molecular complexity index is 715. The lowest BCUT2D eigenvalue weighted by Gasteiger charge is -2.05. The fourth-order valence-corrected chi connectivity index (χ4v) is 1.88. The van der Waals surface area contributed by atoms with Crippen molar-refractivity contribution >= 4 is 23.3 Å². The predicted molar refractivity (Wildman–Crippen MR) is 71.1 cm³/mol. The second-order valence-corrected chi connectivity index (χ2v) is 4.26. The van der Waals surface area contributed by atoms with Crippen LogP contribution in [0.15, 0.2) is 12.1 Å². The lowest BCUT2D eigenvalue weighted by atomic mass is 10.1. The first kappa shape index (κ1) is 14.7. The number of nitrogens with zero attached hydrogens (tertiary/aromatic N) is 3. The molecule has 0 aliphatic carbocycles. The zero-order chi connectivity index (χ0) is 15.6. The minimum Gasteiger partial charge on any atom is -0.502 e. The zero-order valence-electron chi connectivity index (χ0n) is 10.7. The van der Waals surface area contributed by atoms with Crippen LogP contribution < -0.4 is 0 Å². The van der Waals surface area contributed by atoms with E-state index in [-0.39, 0.29) is 28.6 Å². The molecule has 0 saturated heterocycles. The number of esters is 1. The van der Waals surface area contributed by atoms with E-state index in [1.165, 1.54) is 6.07 Å². The van der Waals surface area contributed by atoms with Crippen LogP contribution in [0.25, 0.3) is 11.3 Å². The number of halogens is 1. The van der Waals surface area contributed by atoms with Gasteiger partial charge >= 0.3 is 11.7 Å². The van der Waals surface area contributed by atoms with Gasteiger partial charge in [-0.2, -0.15) is 10.3 Å². The number of benzene rings is 1. The summed E-state index contributed by atoms with van der Waals surface area (Å²) in [5.74, 6) is -1.44. The van der Waals surface area contributed by atoms with Gasteiger partial charge in [0.2, 0.25) is 5.75 Å². The molecule has 10 heteroatoms. The molecule has 9 nitrogen and oxygen atoms in total. The number of aromatic amines is 1. The van der Waals surface area contributed by atoms with Gasteiger partial charge in [0.1, 0.15) is 5.69 Å². The van der Waals surface area contributed by atoms with E-state index in [0.717, 1.165) is 6.07 Å². The van der Waals surface area contributed by atoms with Crippen molar-refractivity contribution in [1.82, 2.24) is 15.4 Å². The zero-order valence-corrected chi connectivity index (χ0v) is 11.4. The fourth-order valence-electron chi connectivity index (χ4n) is 1.67. The maximum Gasteiger partial charge on any atom is 0.361 e. The highest BCUT2D eigenvalue weighted by Crippen LogP contribution is 2.39. The fraction of sp³-hybridized carbons (Fsp3) is 0.182. The highest BCUT2D eigenvalue weighted by atomic mass is 35.5. The SMILES string of the molecule is CCOC(=O)c1n[nH]nc1-c1cc(Cl)cc([N+](=O)[O-])c1O. The smallest absolute Gasteiger partial charge is 0.361 e. The standard InChI is InChI=1S/C11H9ClN4O5/c1-2-21-11(18)9-8(13-15-14-9)6-3-5(12)4-7(10(6)17)16(19)20/h3-4,17H,2H2,1H3,(H,13,14,15). The molecule has 110 valence electrons. The summed E-state index contributed by atoms with van der Waals surface area (Å²) in [4.78, 5) is 21.8. The van der Waals surface area contributed by atoms with E-state index in [2.05, 4.69) is 15.4 Å². The van der Waals surface area contributed by atoms with Gasteiger partial charge < -0.3 is 9.84 Å². The maximum atomic E-state index is 11.7. The number of carbonyl (C=O) groups excluding carboxylic acids is 1. The molecule has 21 heavy (non-hydrogen) atoms. The van der Waals surface area contributed by atoms with Gasteiger partial charge in [-0.15, -0.1) is 5.10 Å². The van der Waals surface area contributed by atoms with E-state index < -0.39 is 22.3 Å². The Hall–Kier alpha value is -2.68. The second kappa shape index (κ2) is 5.75. The molecular weight excluding hydrogens is 304 g/mol. The number of nitro groups is 1. The number of nitrogens with one attached hydrogen (secondary N) is 1. The van der Waals surface area contributed by atoms with Crippen LogP contribution in [0.4, 0.5) is 5.69 Å². The molecule has 2 rings (SSSR count). The molecular formula is C11H9ClN4O5. The molecule has 1 aromatic heterocycles. The van der Waals surface area contributed by atoms with Crippen molar-refractivity contribution in [3.05, 3.63) is 33.0 Å². The molecule has 0 atom stereocenters. The number of hydrogen-bond acceptors (Lipinski definition) is 7. The summed E-state index contributed by atoms with van der Waals surface area (Å²) >= 11 is 5.79. The van der Waals surface area contributed by atoms with Crippen LogP contribution in [0.1, 0.15) is 17.4 Å². The Morgan fingerprint density at radius 3 is 2.86 bits per heavy atom. The molecule has 0 bridgehead atoms. The molecule has 0 spiro atoms. The first-order chi connectivity index (χ1) is 9.95. The van der Waals surface area contributed by atoms with E-state index in [9.17, 15) is 20.0 Å². The Morgan fingerprint density at radius 1 is 1.52 bits per heavy atom. The number of aromatic nitrogens is 3. The van der Waals surface area contributed by atoms with Gasteiger partial charge in [-0.1, -0.05) is 11.6 Å². The maximum absolute atomic E-state index is 11.7. The summed E-state index contributed by atoms with van der Waals surface area (Å²) in [7, 11) is 0. The monoisotopic (exact) mass is 312 g/mol. The summed E-state index contributed by atoms with van der Waals surface area (Å²) < 4.78 is 4.79. The minimum absolute atomic E-state index is 0.00677. The lowest BCUT2D eigenvalue weighted by Crippen LogP contribution is -2.07. The summed E-state index contributed by atoms with van der Waals surface area (Å²) in [6.07, 6.45) is 0. The van der Waals surface area contributed by atoms with E-state index in [0.29, 0.717) is 0 Å². The number of rotatable bonds is 4. The first-order valence-electron chi connectivity index (χ1n) is 5.70. The highest BCUT2D eigenvalue weighted by molar-refractivity contribution is 6.31. The number of phenols is 1. The van der Waals surface area contributed by atoms with Crippen molar-refractivity contribution < 1.29 is 19.6 Å². The molecule has 0 amide bonds. The van der Waals surface area contributed by atoms with Crippen LogP contribution in [0.3, 0.4) is 0 Å². The van der Waals surface area contributed by atoms with Crippen LogP contribution in [0.5, 0.6) is 5.75 Å². The van der Waals surface area contributed by atoms with Crippen molar-refractivity contribution in [1.29, 1.82) is 0 Å². The molecule has 0 fully saturated rings. The Kier molecular flexibility index (Phi) is 4.03. The third-order valence-corrected chi connectivity index (χ3v) is 2.74. The minimum atomic E-state index is -0.797. The normalized spacial score (nSPS) is 10.4. The number of H-pyrrole nitrogens is 1. The molecule has 0 aliphatic heterocycles. The lowest BCUT2D eigenvalue weighted by molar-refractivity contribution is -0.385. The van der Waals surface area contributed by atoms with Crippen LogP contribution in [0.2, 0.25) is 5.02 Å². The van der Waals surface area contributed by atoms with E-state index in [1.54, 1.807) is 6.92 Å². The number of nitro benzene ring substituents is 1. The second-order valence-electron chi connectivity index (χ2n) is 3.82. The van der Waals surface area contributed by atoms with E-state index in [4.69, 9.17) is 16.3 Å². The molecule has 0 saturated carbocycles. The van der Waals surface area contributed by atoms with Gasteiger partial charge in [0.05, 0.1) is 17.1 Å². The van der Waals surface area contributed by atoms with Crippen LogP contribution in [0, 0.1) is 10.1 Å². The molecule has 0 radical (unpaired) electrons. The molecule has 1 aromatic carbocycles. The molecule has 1 heterocycles. The molecule has 2 N–H and O–H groups in total. The average Bonchev–Trinajstić information content (AvgIpc) is 2.90. The van der Waals surface area contributed by atoms with Crippen molar-refractivity contribution in [3.8, 4) is 17.0 Å². The number of ether oxygens (including phenoxy) is 1. The molecule has 0 aliphatic rings. The summed E-state index contributed by atoms with van der Waals surface area (Å²) in [6, 6.07) is 2.23. The van der Waals surface area contributed by atoms with Crippen LogP contribution in [-0.2, 0) is 4.74 Å². The largest absolute Gasteiger partial charge is 0.502 e. The van der Waals surface area contributed by atoms with Gasteiger partial charge in [-0.25, -0.2) is 4.79 Å². The van der Waals surface area contributed by atoms with Gasteiger partial charge in [0, 0.05) is 11.1 Å². The Balaban J connectivity index is 2.61. The van der Waals surface area contributed by atoms with Crippen molar-refractivity contribution in [3.63, 3.8) is 0 Å². The number of carbonyl (C=O) groups is 1. The Morgan fingerprint density at radius 2 is 2.24 bits per heavy atom. The summed E-state index contributed by atoms with van der Waals surface area (Å²) in [5, 5.41) is 30.4. The molecule has 0 unspecified atom stereocenters. The number of phenolic OH excluding ortho intramolecular Hbond substituents is 1. The third kappa shape index (κ3) is 2.77. The van der Waals surface area contributed by atoms with Gasteiger partial charge in [0.25, 0.3) is 0 Å². The van der Waals surface area contributed by atoms with Crippen molar-refractivity contribution in [2.24, 2.45) is 0 Å². The van der Waals surface area contributed by atoms with Gasteiger partial charge in [0.15, 0.2) is 5.69 Å². The quantitative estimate of drug-likeness (QED) is 0.500. The average molecular weight is 313 g/mol. The summed E-state index contributed by atoms with van der Waals surface area (Å²) in [5.41, 5.74) is -0.985. The Labute approximate surface area is 122 Å². The topological polar surface area (TPSA) is 131 Å². The van der Waals surface area contributed by atoms with Crippen LogP contribution in [-0.4, -0.2) is 38.0 Å². The van der Waals surface area contributed by atoms with Crippen molar-refractivity contribution in [2.75, 3.05) is 6.61 Å². The summed E-state index contributed by atoms with van der Waals surface area (Å²) in [6.45, 7) is 1.73. The molecule has 2 aromatic rings. The van der Waals surface area contributed by atoms with Gasteiger partial charge in [-0.3, -0.25) is 10.1 Å². The van der Waals surface area contributed by atoms with Gasteiger partial charge in [-0.05, 0) is 13.0 Å². The number of hydrogen-bond donors (Lipinski definition) is 2. The van der Waals surface area contributed by atoms with E-state index >= 15 is 0 Å². The van der Waals surface area contributed by atoms with Crippen LogP contribution >= 0.6 is 11.6 Å². The highest BCUT2D eigenvalue weighted by Gasteiger charge is 2.26.